The Morgan fingerprint density at radius 2 is 1.35 bits per heavy atom. The van der Waals surface area contributed by atoms with E-state index in [1.165, 1.54) is 102 Å². The maximum absolute atomic E-state index is 6.07. The molecule has 3 heteroatoms. The summed E-state index contributed by atoms with van der Waals surface area (Å²) in [4.78, 5) is 0. The van der Waals surface area contributed by atoms with Crippen molar-refractivity contribution in [2.24, 2.45) is 0 Å². The molecule has 0 aliphatic heterocycles. The minimum atomic E-state index is -0.560. The largest absolute Gasteiger partial charge is 0.498 e. The number of aryl methyl sites for hydroxylation is 7. The maximum Gasteiger partial charge on any atom is 0.111 e. The van der Waals surface area contributed by atoms with Crippen LogP contribution in [0.15, 0.2) is 66.7 Å². The zero-order chi connectivity index (χ0) is 34.7. The van der Waals surface area contributed by atoms with E-state index in [9.17, 15) is 0 Å². The minimum Gasteiger partial charge on any atom is -0.498 e. The fourth-order valence-corrected chi connectivity index (χ4v) is 9.91. The van der Waals surface area contributed by atoms with Gasteiger partial charge < -0.3 is 4.74 Å². The standard InChI is InChI=1S/C25H32OSi.C21H21.Hf/c1-15-10-11-18(16(2)12-15)22-19-13-17(3)24(27(8)9)20(19)14-21(23(22)26-7)25(4,5)6;1-13-7-8-18(15(3)9-13)21-19-6-4-5-16(19)12-17-10-14(2)11-20(17)21;/h10-14H,1-9H3;7-12H,4-6H2,1-3H3;/q2*-1;. The van der Waals surface area contributed by atoms with E-state index in [1.807, 2.05) is 7.11 Å². The van der Waals surface area contributed by atoms with Gasteiger partial charge in [-0.2, -0.15) is 12.1 Å². The van der Waals surface area contributed by atoms with Crippen LogP contribution < -0.4 is 9.92 Å². The summed E-state index contributed by atoms with van der Waals surface area (Å²) in [7, 11) is 1.25. The van der Waals surface area contributed by atoms with Gasteiger partial charge in [0, 0.05) is 34.6 Å². The molecule has 253 valence electrons. The van der Waals surface area contributed by atoms with E-state index in [-0.39, 0.29) is 31.3 Å². The van der Waals surface area contributed by atoms with Gasteiger partial charge in [-0.1, -0.05) is 112 Å². The van der Waals surface area contributed by atoms with Crippen LogP contribution in [0, 0.1) is 41.5 Å². The van der Waals surface area contributed by atoms with Crippen LogP contribution in [0.25, 0.3) is 43.8 Å². The molecule has 6 aromatic carbocycles. The molecule has 1 aliphatic carbocycles. The van der Waals surface area contributed by atoms with Crippen LogP contribution in [0.5, 0.6) is 5.75 Å². The SMILES string of the molecule is COc1c(C(C)(C)C)cc2c(cc(C)[c-]2[Si](C)C)c1-c1ccc(C)cc1C.Cc1ccc(-c2c3c(cc4[cH-]c(C)cc24)CCC3)c(C)c1.[Hf]. The molecule has 0 saturated carbocycles. The van der Waals surface area contributed by atoms with E-state index in [0.717, 1.165) is 5.75 Å². The van der Waals surface area contributed by atoms with E-state index < -0.39 is 8.80 Å². The second-order valence-corrected chi connectivity index (χ2v) is 18.2. The summed E-state index contributed by atoms with van der Waals surface area (Å²) in [6.45, 7) is 24.9. The Morgan fingerprint density at radius 3 is 1.90 bits per heavy atom. The summed E-state index contributed by atoms with van der Waals surface area (Å²) in [6, 6.07) is 25.5. The van der Waals surface area contributed by atoms with Gasteiger partial charge in [0.2, 0.25) is 0 Å². The van der Waals surface area contributed by atoms with Crippen LogP contribution in [-0.4, -0.2) is 15.9 Å². The van der Waals surface area contributed by atoms with Gasteiger partial charge in [0.15, 0.2) is 0 Å². The molecule has 7 rings (SSSR count). The first-order valence-corrected chi connectivity index (χ1v) is 20.2. The van der Waals surface area contributed by atoms with Crippen molar-refractivity contribution < 1.29 is 30.6 Å². The molecular formula is C46H53HfOSi-2. The maximum atomic E-state index is 6.07. The summed E-state index contributed by atoms with van der Waals surface area (Å²) in [6.07, 6.45) is 3.78. The monoisotopic (exact) mass is 829 g/mol. The molecule has 1 radical (unpaired) electrons. The fourth-order valence-electron chi connectivity index (χ4n) is 8.31. The third-order valence-corrected chi connectivity index (χ3v) is 12.1. The van der Waals surface area contributed by atoms with E-state index >= 15 is 0 Å². The first-order valence-electron chi connectivity index (χ1n) is 17.7. The molecule has 49 heavy (non-hydrogen) atoms. The molecule has 6 aromatic rings. The van der Waals surface area contributed by atoms with Gasteiger partial charge in [-0.05, 0) is 85.8 Å². The minimum absolute atomic E-state index is 0. The van der Waals surface area contributed by atoms with Gasteiger partial charge in [-0.25, -0.2) is 0 Å². The topological polar surface area (TPSA) is 9.23 Å². The molecule has 1 nitrogen and oxygen atoms in total. The van der Waals surface area contributed by atoms with Crippen molar-refractivity contribution in [3.8, 4) is 28.0 Å². The molecular weight excluding hydrogens is 775 g/mol. The second-order valence-electron chi connectivity index (χ2n) is 15.7. The second kappa shape index (κ2) is 14.3. The van der Waals surface area contributed by atoms with Crippen LogP contribution in [0.2, 0.25) is 13.1 Å². The van der Waals surface area contributed by atoms with Gasteiger partial charge in [-0.3, -0.25) is 0 Å². The van der Waals surface area contributed by atoms with Crippen LogP contribution in [0.1, 0.15) is 77.3 Å². The Balaban J connectivity index is 0.000000192. The van der Waals surface area contributed by atoms with E-state index in [4.69, 9.17) is 4.74 Å². The summed E-state index contributed by atoms with van der Waals surface area (Å²) >= 11 is 0. The molecule has 0 amide bonds. The summed E-state index contributed by atoms with van der Waals surface area (Å²) in [5.41, 5.74) is 18.1. The molecule has 0 heterocycles. The Kier molecular flexibility index (Phi) is 10.9. The predicted molar refractivity (Wildman–Crippen MR) is 213 cm³/mol. The van der Waals surface area contributed by atoms with Crippen molar-refractivity contribution in [2.45, 2.75) is 100 Å². The molecule has 0 N–H and O–H groups in total. The van der Waals surface area contributed by atoms with E-state index in [2.05, 4.69) is 142 Å². The van der Waals surface area contributed by atoms with Crippen molar-refractivity contribution in [3.63, 3.8) is 0 Å². The van der Waals surface area contributed by atoms with Crippen LogP contribution in [0.3, 0.4) is 0 Å². The Labute approximate surface area is 316 Å². The molecule has 0 unspecified atom stereocenters. The molecule has 1 aliphatic rings. The van der Waals surface area contributed by atoms with Gasteiger partial charge in [-0.15, -0.1) is 56.1 Å². The van der Waals surface area contributed by atoms with Gasteiger partial charge in [0.05, 0.1) is 7.11 Å². The predicted octanol–water partition coefficient (Wildman–Crippen LogP) is 12.1. The van der Waals surface area contributed by atoms with Crippen molar-refractivity contribution in [2.75, 3.05) is 7.11 Å². The number of rotatable bonds is 4. The van der Waals surface area contributed by atoms with Crippen molar-refractivity contribution >= 4 is 35.5 Å². The van der Waals surface area contributed by atoms with Gasteiger partial charge >= 0.3 is 0 Å². The molecule has 0 fully saturated rings. The fraction of sp³-hybridized carbons (Fsp3) is 0.348. The average Bonchev–Trinajstić information content (AvgIpc) is 3.70. The number of hydrogen-bond donors (Lipinski definition) is 0. The van der Waals surface area contributed by atoms with Crippen LogP contribution >= 0.6 is 0 Å². The Hall–Kier alpha value is -3.01. The number of fused-ring (bicyclic) bond motifs is 3. The molecule has 0 atom stereocenters. The third kappa shape index (κ3) is 7.00. The van der Waals surface area contributed by atoms with Crippen molar-refractivity contribution in [1.29, 1.82) is 0 Å². The quantitative estimate of drug-likeness (QED) is 0.127. The normalized spacial score (nSPS) is 12.7. The number of methoxy groups -OCH3 is 1. The van der Waals surface area contributed by atoms with Crippen molar-refractivity contribution in [1.82, 2.24) is 0 Å². The Bertz CT molecular complexity index is 2160. The van der Waals surface area contributed by atoms with Gasteiger partial charge in [0.1, 0.15) is 5.75 Å². The number of ether oxygens (including phenoxy) is 1. The first-order chi connectivity index (χ1) is 22.7. The zero-order valence-electron chi connectivity index (χ0n) is 31.9. The molecule has 0 spiro atoms. The van der Waals surface area contributed by atoms with Crippen LogP contribution in [-0.2, 0) is 44.1 Å². The molecule has 0 bridgehead atoms. The molecule has 0 aromatic heterocycles. The van der Waals surface area contributed by atoms with E-state index in [1.54, 1.807) is 16.3 Å². The third-order valence-electron chi connectivity index (χ3n) is 10.4. The summed E-state index contributed by atoms with van der Waals surface area (Å²) in [5, 5.41) is 7.19. The number of hydrogen-bond acceptors (Lipinski definition) is 1. The van der Waals surface area contributed by atoms with Crippen molar-refractivity contribution in [3.05, 3.63) is 117 Å². The van der Waals surface area contributed by atoms with Crippen LogP contribution in [0.4, 0.5) is 0 Å². The summed E-state index contributed by atoms with van der Waals surface area (Å²) in [5.74, 6) is 1.03. The van der Waals surface area contributed by atoms with E-state index in [0.29, 0.717) is 0 Å². The first kappa shape index (κ1) is 37.2. The van der Waals surface area contributed by atoms with Gasteiger partial charge in [0.25, 0.3) is 0 Å². The average molecular weight is 829 g/mol. The smallest absolute Gasteiger partial charge is 0.111 e. The Morgan fingerprint density at radius 1 is 0.735 bits per heavy atom. The summed E-state index contributed by atoms with van der Waals surface area (Å²) < 4.78 is 6.07. The zero-order valence-corrected chi connectivity index (χ0v) is 36.5. The number of benzene rings is 4. The molecule has 0 saturated heterocycles.